The van der Waals surface area contributed by atoms with Gasteiger partial charge in [0.15, 0.2) is 0 Å². The van der Waals surface area contributed by atoms with E-state index >= 15 is 0 Å². The highest BCUT2D eigenvalue weighted by molar-refractivity contribution is 14.1. The number of hydrogen-bond donors (Lipinski definition) is 2. The fraction of sp³-hybridized carbons (Fsp3) is 0.0769. The van der Waals surface area contributed by atoms with Crippen LogP contribution in [-0.4, -0.2) is 10.2 Å². The Morgan fingerprint density at radius 3 is 2.31 bits per heavy atom. The average Bonchev–Trinajstić information content (AvgIpc) is 2.28. The summed E-state index contributed by atoms with van der Waals surface area (Å²) in [5, 5.41) is 19.8. The first-order valence-corrected chi connectivity index (χ1v) is 5.95. The van der Waals surface area contributed by atoms with E-state index in [1.807, 2.05) is 52.9 Å². The molecule has 2 aromatic rings. The van der Waals surface area contributed by atoms with E-state index in [0.717, 1.165) is 5.56 Å². The van der Waals surface area contributed by atoms with Gasteiger partial charge in [0.2, 0.25) is 0 Å². The molecular weight excluding hydrogens is 315 g/mol. The molecule has 82 valence electrons. The molecule has 0 aromatic heterocycles. The Bertz CT molecular complexity index is 495. The molecule has 2 N–H and O–H groups in total. The number of benzene rings is 2. The zero-order chi connectivity index (χ0) is 11.7. The summed E-state index contributed by atoms with van der Waals surface area (Å²) in [6, 6.07) is 11.1. The van der Waals surface area contributed by atoms with Crippen LogP contribution < -0.4 is 0 Å². The van der Waals surface area contributed by atoms with E-state index in [-0.39, 0.29) is 11.5 Å². The van der Waals surface area contributed by atoms with Gasteiger partial charge in [0, 0.05) is 5.56 Å². The normalized spacial score (nSPS) is 10.4. The van der Waals surface area contributed by atoms with Crippen LogP contribution in [0.1, 0.15) is 5.56 Å². The monoisotopic (exact) mass is 326 g/mol. The summed E-state index contributed by atoms with van der Waals surface area (Å²) >= 11 is 2.04. The number of phenols is 2. The van der Waals surface area contributed by atoms with Gasteiger partial charge in [-0.1, -0.05) is 30.3 Å². The third-order valence-electron chi connectivity index (χ3n) is 2.47. The summed E-state index contributed by atoms with van der Waals surface area (Å²) in [6.45, 7) is 1.78. The van der Waals surface area contributed by atoms with Gasteiger partial charge in [0.05, 0.1) is 3.57 Å². The molecule has 0 unspecified atom stereocenters. The number of phenolic OH excluding ortho intramolecular Hbond substituents is 2. The molecule has 2 nitrogen and oxygen atoms in total. The minimum atomic E-state index is 0.203. The van der Waals surface area contributed by atoms with Gasteiger partial charge < -0.3 is 10.2 Å². The number of aromatic hydroxyl groups is 2. The standard InChI is InChI=1S/C13H11IO2/c1-8-7-10(15)12(14)11(13(8)16)9-5-3-2-4-6-9/h2-7,15-16H,1H3. The van der Waals surface area contributed by atoms with Crippen LogP contribution in [-0.2, 0) is 0 Å². The first-order valence-electron chi connectivity index (χ1n) is 4.87. The maximum atomic E-state index is 10.0. The van der Waals surface area contributed by atoms with Gasteiger partial charge in [-0.3, -0.25) is 0 Å². The first kappa shape index (κ1) is 11.3. The van der Waals surface area contributed by atoms with Crippen molar-refractivity contribution in [3.05, 3.63) is 45.5 Å². The van der Waals surface area contributed by atoms with E-state index in [9.17, 15) is 10.2 Å². The number of halogens is 1. The first-order chi connectivity index (χ1) is 7.61. The molecule has 16 heavy (non-hydrogen) atoms. The van der Waals surface area contributed by atoms with Crippen LogP contribution in [0.2, 0.25) is 0 Å². The average molecular weight is 326 g/mol. The maximum Gasteiger partial charge on any atom is 0.130 e. The van der Waals surface area contributed by atoms with Crippen LogP contribution in [0, 0.1) is 10.5 Å². The second-order valence-electron chi connectivity index (χ2n) is 3.62. The molecule has 0 amide bonds. The van der Waals surface area contributed by atoms with E-state index in [4.69, 9.17) is 0 Å². The minimum absolute atomic E-state index is 0.203. The van der Waals surface area contributed by atoms with Crippen molar-refractivity contribution in [3.8, 4) is 22.6 Å². The summed E-state index contributed by atoms with van der Waals surface area (Å²) in [4.78, 5) is 0. The SMILES string of the molecule is Cc1cc(O)c(I)c(-c2ccccc2)c1O. The van der Waals surface area contributed by atoms with Gasteiger partial charge in [0.25, 0.3) is 0 Å². The molecule has 0 atom stereocenters. The van der Waals surface area contributed by atoms with Gasteiger partial charge >= 0.3 is 0 Å². The van der Waals surface area contributed by atoms with E-state index in [1.165, 1.54) is 0 Å². The Kier molecular flexibility index (Phi) is 3.05. The van der Waals surface area contributed by atoms with Gasteiger partial charge in [-0.15, -0.1) is 0 Å². The molecule has 0 saturated heterocycles. The van der Waals surface area contributed by atoms with Crippen LogP contribution in [0.25, 0.3) is 11.1 Å². The Morgan fingerprint density at radius 1 is 1.06 bits per heavy atom. The lowest BCUT2D eigenvalue weighted by Gasteiger charge is -2.11. The van der Waals surface area contributed by atoms with E-state index in [1.54, 1.807) is 13.0 Å². The van der Waals surface area contributed by atoms with Crippen molar-refractivity contribution < 1.29 is 10.2 Å². The second-order valence-corrected chi connectivity index (χ2v) is 4.69. The molecule has 0 bridgehead atoms. The Labute approximate surface area is 108 Å². The smallest absolute Gasteiger partial charge is 0.130 e. The molecule has 0 aliphatic rings. The lowest BCUT2D eigenvalue weighted by atomic mass is 10.0. The van der Waals surface area contributed by atoms with Crippen LogP contribution in [0.4, 0.5) is 0 Å². The van der Waals surface area contributed by atoms with Crippen molar-refractivity contribution in [2.24, 2.45) is 0 Å². The number of aryl methyl sites for hydroxylation is 1. The van der Waals surface area contributed by atoms with Crippen LogP contribution in [0.5, 0.6) is 11.5 Å². The zero-order valence-corrected chi connectivity index (χ0v) is 10.9. The van der Waals surface area contributed by atoms with Gasteiger partial charge in [-0.2, -0.15) is 0 Å². The van der Waals surface area contributed by atoms with Gasteiger partial charge in [0.1, 0.15) is 11.5 Å². The number of rotatable bonds is 1. The lowest BCUT2D eigenvalue weighted by molar-refractivity contribution is 0.455. The largest absolute Gasteiger partial charge is 0.507 e. The topological polar surface area (TPSA) is 40.5 Å². The predicted octanol–water partition coefficient (Wildman–Crippen LogP) is 3.68. The fourth-order valence-corrected chi connectivity index (χ4v) is 2.36. The highest BCUT2D eigenvalue weighted by Crippen LogP contribution is 2.40. The van der Waals surface area contributed by atoms with Crippen molar-refractivity contribution in [1.82, 2.24) is 0 Å². The second kappa shape index (κ2) is 4.33. The van der Waals surface area contributed by atoms with Crippen molar-refractivity contribution in [3.63, 3.8) is 0 Å². The molecule has 0 radical (unpaired) electrons. The molecular formula is C13H11IO2. The zero-order valence-electron chi connectivity index (χ0n) is 8.74. The van der Waals surface area contributed by atoms with Gasteiger partial charge in [-0.25, -0.2) is 0 Å². The van der Waals surface area contributed by atoms with Crippen LogP contribution in [0.3, 0.4) is 0 Å². The molecule has 3 heteroatoms. The predicted molar refractivity (Wildman–Crippen MR) is 72.7 cm³/mol. The minimum Gasteiger partial charge on any atom is -0.507 e. The fourth-order valence-electron chi connectivity index (χ4n) is 1.63. The molecule has 0 fully saturated rings. The van der Waals surface area contributed by atoms with Crippen molar-refractivity contribution in [1.29, 1.82) is 0 Å². The lowest BCUT2D eigenvalue weighted by Crippen LogP contribution is -1.88. The maximum absolute atomic E-state index is 10.0. The van der Waals surface area contributed by atoms with Gasteiger partial charge in [-0.05, 0) is 46.7 Å². The van der Waals surface area contributed by atoms with E-state index in [2.05, 4.69) is 0 Å². The molecule has 0 heterocycles. The molecule has 0 aliphatic carbocycles. The van der Waals surface area contributed by atoms with Crippen molar-refractivity contribution >= 4 is 22.6 Å². The van der Waals surface area contributed by atoms with Crippen molar-refractivity contribution in [2.45, 2.75) is 6.92 Å². The van der Waals surface area contributed by atoms with Crippen LogP contribution >= 0.6 is 22.6 Å². The van der Waals surface area contributed by atoms with E-state index in [0.29, 0.717) is 14.7 Å². The number of hydrogen-bond acceptors (Lipinski definition) is 2. The molecule has 2 rings (SSSR count). The highest BCUT2D eigenvalue weighted by atomic mass is 127. The van der Waals surface area contributed by atoms with Crippen molar-refractivity contribution in [2.75, 3.05) is 0 Å². The molecule has 0 saturated carbocycles. The molecule has 2 aromatic carbocycles. The quantitative estimate of drug-likeness (QED) is 0.620. The summed E-state index contributed by atoms with van der Waals surface area (Å²) in [7, 11) is 0. The summed E-state index contributed by atoms with van der Waals surface area (Å²) in [5.74, 6) is 0.433. The summed E-state index contributed by atoms with van der Waals surface area (Å²) in [5.41, 5.74) is 2.28. The van der Waals surface area contributed by atoms with Crippen LogP contribution in [0.15, 0.2) is 36.4 Å². The Balaban J connectivity index is 2.74. The third kappa shape index (κ3) is 1.87. The molecule has 0 aliphatic heterocycles. The highest BCUT2D eigenvalue weighted by Gasteiger charge is 2.14. The summed E-state index contributed by atoms with van der Waals surface area (Å²) in [6.07, 6.45) is 0. The Morgan fingerprint density at radius 2 is 1.69 bits per heavy atom. The third-order valence-corrected chi connectivity index (χ3v) is 3.56. The summed E-state index contributed by atoms with van der Waals surface area (Å²) < 4.78 is 0.673. The Hall–Kier alpha value is -1.23. The van der Waals surface area contributed by atoms with E-state index < -0.39 is 0 Å². The molecule has 0 spiro atoms.